The third kappa shape index (κ3) is 1.87. The Bertz CT molecular complexity index is 291. The van der Waals surface area contributed by atoms with E-state index < -0.39 is 0 Å². The standard InChI is InChI=1S/C11H14ClN/c1-13(2)11-7-10(11)8-3-5-9(12)6-4-8/h3-6,10-11H,7H2,1-2H3. The van der Waals surface area contributed by atoms with E-state index in [4.69, 9.17) is 11.6 Å². The Hall–Kier alpha value is -0.530. The molecule has 0 amide bonds. The average Bonchev–Trinajstić information content (AvgIpc) is 2.85. The molecule has 1 aliphatic rings. The largest absolute Gasteiger partial charge is 0.306 e. The van der Waals surface area contributed by atoms with Gasteiger partial charge in [-0.1, -0.05) is 23.7 Å². The second kappa shape index (κ2) is 3.32. The van der Waals surface area contributed by atoms with Crippen molar-refractivity contribution in [3.8, 4) is 0 Å². The van der Waals surface area contributed by atoms with Crippen LogP contribution < -0.4 is 0 Å². The predicted molar refractivity (Wildman–Crippen MR) is 56.3 cm³/mol. The maximum absolute atomic E-state index is 5.83. The second-order valence-electron chi connectivity index (χ2n) is 3.92. The summed E-state index contributed by atoms with van der Waals surface area (Å²) in [6.07, 6.45) is 1.29. The lowest BCUT2D eigenvalue weighted by atomic mass is 10.1. The molecule has 0 bridgehead atoms. The zero-order valence-corrected chi connectivity index (χ0v) is 8.75. The van der Waals surface area contributed by atoms with Crippen molar-refractivity contribution in [1.82, 2.24) is 4.90 Å². The molecular weight excluding hydrogens is 182 g/mol. The summed E-state index contributed by atoms with van der Waals surface area (Å²) in [6.45, 7) is 0. The zero-order valence-electron chi connectivity index (χ0n) is 8.00. The average molecular weight is 196 g/mol. The number of halogens is 1. The summed E-state index contributed by atoms with van der Waals surface area (Å²) in [5.41, 5.74) is 1.42. The van der Waals surface area contributed by atoms with Crippen molar-refractivity contribution >= 4 is 11.6 Å². The predicted octanol–water partition coefficient (Wildman–Crippen LogP) is 2.76. The molecular formula is C11H14ClN. The van der Waals surface area contributed by atoms with Gasteiger partial charge in [0.25, 0.3) is 0 Å². The molecule has 2 heteroatoms. The molecule has 2 atom stereocenters. The first-order valence-corrected chi connectivity index (χ1v) is 4.98. The van der Waals surface area contributed by atoms with Crippen LogP contribution in [0.1, 0.15) is 17.9 Å². The monoisotopic (exact) mass is 195 g/mol. The molecule has 0 aromatic heterocycles. The van der Waals surface area contributed by atoms with Crippen molar-refractivity contribution in [3.63, 3.8) is 0 Å². The summed E-state index contributed by atoms with van der Waals surface area (Å²) in [6, 6.07) is 8.96. The van der Waals surface area contributed by atoms with Crippen molar-refractivity contribution in [3.05, 3.63) is 34.9 Å². The molecule has 1 fully saturated rings. The van der Waals surface area contributed by atoms with Crippen LogP contribution in [-0.4, -0.2) is 25.0 Å². The van der Waals surface area contributed by atoms with Gasteiger partial charge < -0.3 is 4.90 Å². The van der Waals surface area contributed by atoms with Crippen LogP contribution in [-0.2, 0) is 0 Å². The van der Waals surface area contributed by atoms with E-state index in [1.54, 1.807) is 0 Å². The first-order chi connectivity index (χ1) is 6.18. The van der Waals surface area contributed by atoms with Gasteiger partial charge in [-0.2, -0.15) is 0 Å². The van der Waals surface area contributed by atoms with Gasteiger partial charge in [0.1, 0.15) is 0 Å². The van der Waals surface area contributed by atoms with Crippen LogP contribution in [0.25, 0.3) is 0 Å². The van der Waals surface area contributed by atoms with E-state index in [2.05, 4.69) is 31.1 Å². The zero-order chi connectivity index (χ0) is 9.42. The third-order valence-electron chi connectivity index (χ3n) is 2.72. The van der Waals surface area contributed by atoms with Crippen LogP contribution in [0.2, 0.25) is 5.02 Å². The van der Waals surface area contributed by atoms with Crippen LogP contribution >= 0.6 is 11.6 Å². The highest BCUT2D eigenvalue weighted by atomic mass is 35.5. The van der Waals surface area contributed by atoms with Crippen molar-refractivity contribution in [1.29, 1.82) is 0 Å². The summed E-state index contributed by atoms with van der Waals surface area (Å²) in [7, 11) is 4.28. The minimum Gasteiger partial charge on any atom is -0.306 e. The molecule has 0 spiro atoms. The minimum absolute atomic E-state index is 0.729. The molecule has 13 heavy (non-hydrogen) atoms. The highest BCUT2D eigenvalue weighted by molar-refractivity contribution is 6.30. The maximum Gasteiger partial charge on any atom is 0.0406 e. The molecule has 2 unspecified atom stereocenters. The fraction of sp³-hybridized carbons (Fsp3) is 0.455. The Morgan fingerprint density at radius 3 is 2.31 bits per heavy atom. The summed E-state index contributed by atoms with van der Waals surface area (Å²) in [5.74, 6) is 0.729. The van der Waals surface area contributed by atoms with E-state index >= 15 is 0 Å². The van der Waals surface area contributed by atoms with Gasteiger partial charge in [-0.05, 0) is 38.2 Å². The SMILES string of the molecule is CN(C)C1CC1c1ccc(Cl)cc1. The van der Waals surface area contributed by atoms with Crippen molar-refractivity contribution in [2.75, 3.05) is 14.1 Å². The quantitative estimate of drug-likeness (QED) is 0.702. The maximum atomic E-state index is 5.83. The Labute approximate surface area is 84.3 Å². The van der Waals surface area contributed by atoms with Crippen LogP contribution in [0.15, 0.2) is 24.3 Å². The normalized spacial score (nSPS) is 26.5. The van der Waals surface area contributed by atoms with Gasteiger partial charge >= 0.3 is 0 Å². The first-order valence-electron chi connectivity index (χ1n) is 4.60. The van der Waals surface area contributed by atoms with Crippen LogP contribution in [0.3, 0.4) is 0 Å². The van der Waals surface area contributed by atoms with Crippen molar-refractivity contribution in [2.24, 2.45) is 0 Å². The number of hydrogen-bond donors (Lipinski definition) is 0. The van der Waals surface area contributed by atoms with E-state index in [0.717, 1.165) is 17.0 Å². The molecule has 0 saturated heterocycles. The van der Waals surface area contributed by atoms with E-state index in [1.165, 1.54) is 12.0 Å². The number of rotatable bonds is 2. The van der Waals surface area contributed by atoms with Crippen molar-refractivity contribution in [2.45, 2.75) is 18.4 Å². The van der Waals surface area contributed by atoms with Gasteiger partial charge in [0, 0.05) is 17.0 Å². The molecule has 1 aromatic rings. The van der Waals surface area contributed by atoms with Crippen LogP contribution in [0.5, 0.6) is 0 Å². The van der Waals surface area contributed by atoms with E-state index in [1.807, 2.05) is 12.1 Å². The topological polar surface area (TPSA) is 3.24 Å². The van der Waals surface area contributed by atoms with Gasteiger partial charge in [-0.3, -0.25) is 0 Å². The Morgan fingerprint density at radius 2 is 1.85 bits per heavy atom. The fourth-order valence-corrected chi connectivity index (χ4v) is 1.95. The summed E-state index contributed by atoms with van der Waals surface area (Å²) in [4.78, 5) is 2.29. The lowest BCUT2D eigenvalue weighted by Crippen LogP contribution is -2.15. The van der Waals surface area contributed by atoms with Gasteiger partial charge in [-0.25, -0.2) is 0 Å². The van der Waals surface area contributed by atoms with Crippen LogP contribution in [0, 0.1) is 0 Å². The first kappa shape index (κ1) is 9.04. The summed E-state index contributed by atoms with van der Waals surface area (Å²) < 4.78 is 0. The van der Waals surface area contributed by atoms with E-state index in [-0.39, 0.29) is 0 Å². The van der Waals surface area contributed by atoms with E-state index in [0.29, 0.717) is 0 Å². The lowest BCUT2D eigenvalue weighted by molar-refractivity contribution is 0.391. The van der Waals surface area contributed by atoms with Gasteiger partial charge in [0.15, 0.2) is 0 Å². The molecule has 1 aromatic carbocycles. The van der Waals surface area contributed by atoms with Gasteiger partial charge in [-0.15, -0.1) is 0 Å². The van der Waals surface area contributed by atoms with Gasteiger partial charge in [0.05, 0.1) is 0 Å². The molecule has 70 valence electrons. The van der Waals surface area contributed by atoms with Gasteiger partial charge in [0.2, 0.25) is 0 Å². The molecule has 0 radical (unpaired) electrons. The van der Waals surface area contributed by atoms with E-state index in [9.17, 15) is 0 Å². The number of nitrogens with zero attached hydrogens (tertiary/aromatic N) is 1. The summed E-state index contributed by atoms with van der Waals surface area (Å²) >= 11 is 5.83. The minimum atomic E-state index is 0.729. The Morgan fingerprint density at radius 1 is 1.23 bits per heavy atom. The molecule has 0 heterocycles. The Balaban J connectivity index is 2.08. The number of benzene rings is 1. The molecule has 0 aliphatic heterocycles. The highest BCUT2D eigenvalue weighted by Crippen LogP contribution is 2.43. The number of hydrogen-bond acceptors (Lipinski definition) is 1. The summed E-state index contributed by atoms with van der Waals surface area (Å²) in [5, 5.41) is 0.825. The van der Waals surface area contributed by atoms with Crippen molar-refractivity contribution < 1.29 is 0 Å². The Kier molecular flexibility index (Phi) is 2.31. The number of likely N-dealkylation sites (N-methyl/N-ethyl adjacent to an activating group) is 1. The molecule has 1 saturated carbocycles. The lowest BCUT2D eigenvalue weighted by Gasteiger charge is -2.08. The highest BCUT2D eigenvalue weighted by Gasteiger charge is 2.39. The molecule has 1 nitrogen and oxygen atoms in total. The van der Waals surface area contributed by atoms with Crippen LogP contribution in [0.4, 0.5) is 0 Å². The fourth-order valence-electron chi connectivity index (χ4n) is 1.82. The smallest absolute Gasteiger partial charge is 0.0406 e. The molecule has 1 aliphatic carbocycles. The second-order valence-corrected chi connectivity index (χ2v) is 4.36. The third-order valence-corrected chi connectivity index (χ3v) is 2.97. The molecule has 2 rings (SSSR count). The molecule has 0 N–H and O–H groups in total.